The molecule has 21 heteroatoms. The summed E-state index contributed by atoms with van der Waals surface area (Å²) in [6, 6.07) is 7.15. The molecule has 0 amide bonds. The lowest BCUT2D eigenvalue weighted by Gasteiger charge is -2.44. The van der Waals surface area contributed by atoms with Crippen molar-refractivity contribution in [2.45, 2.75) is 127 Å². The van der Waals surface area contributed by atoms with Crippen molar-refractivity contribution >= 4 is 49.3 Å². The van der Waals surface area contributed by atoms with Crippen LogP contribution in [0.5, 0.6) is 0 Å². The summed E-state index contributed by atoms with van der Waals surface area (Å²) < 4.78 is 75.8. The molecule has 0 heterocycles. The third kappa shape index (κ3) is 14.0. The Morgan fingerprint density at radius 1 is 0.610 bits per heavy atom. The van der Waals surface area contributed by atoms with E-state index in [-0.39, 0.29) is 19.4 Å². The van der Waals surface area contributed by atoms with Crippen molar-refractivity contribution in [1.29, 1.82) is 0 Å². The number of carbonyl (C=O) groups is 3. The number of nitrogens with zero attached hydrogens (tertiary/aromatic N) is 5. The predicted octanol–water partition coefficient (Wildman–Crippen LogP) is 4.82. The van der Waals surface area contributed by atoms with Gasteiger partial charge in [0.15, 0.2) is 9.79 Å². The molecule has 59 heavy (non-hydrogen) atoms. The molecule has 0 aromatic heterocycles. The number of sulfonamides is 2. The van der Waals surface area contributed by atoms with Gasteiger partial charge in [0.2, 0.25) is 10.0 Å². The molecule has 0 unspecified atom stereocenters. The normalized spacial score (nSPS) is 16.8. The standard InChI is InChI=1S/C38H55N5O14S2/c1-36(2,3)55-33(44)24-39(22-23-40(25-34(45)56-37(4,5)6)58(51,52)31-20-14-12-18-29(31)42(47)48)27-16-10-11-17-28(27)41(26-35(46)57-38(7,8)9)59(53,54)32-21-15-13-19-30(32)43(49)50/h12-15,18-21,27-28H,10-11,16-17,22-26H2,1-9H3/t27-,28-/m0/s1. The van der Waals surface area contributed by atoms with Crippen LogP contribution in [0.3, 0.4) is 0 Å². The molecule has 19 nitrogen and oxygen atoms in total. The van der Waals surface area contributed by atoms with E-state index in [4.69, 9.17) is 14.2 Å². The van der Waals surface area contributed by atoms with Crippen molar-refractivity contribution < 1.29 is 55.3 Å². The van der Waals surface area contributed by atoms with Gasteiger partial charge in [-0.15, -0.1) is 0 Å². The molecule has 2 aromatic carbocycles. The highest BCUT2D eigenvalue weighted by molar-refractivity contribution is 7.89. The molecular formula is C38H55N5O14S2. The number of nitro groups is 2. The van der Waals surface area contributed by atoms with Gasteiger partial charge in [0.25, 0.3) is 21.4 Å². The Morgan fingerprint density at radius 2 is 1.00 bits per heavy atom. The monoisotopic (exact) mass is 869 g/mol. The second-order valence-corrected chi connectivity index (χ2v) is 20.8. The highest BCUT2D eigenvalue weighted by Gasteiger charge is 2.45. The number of esters is 3. The van der Waals surface area contributed by atoms with E-state index in [0.29, 0.717) is 17.1 Å². The van der Waals surface area contributed by atoms with Gasteiger partial charge in [0, 0.05) is 37.3 Å². The fourth-order valence-electron chi connectivity index (χ4n) is 6.60. The second-order valence-electron chi connectivity index (χ2n) is 17.0. The number of hydrogen-bond donors (Lipinski definition) is 0. The minimum atomic E-state index is -4.87. The summed E-state index contributed by atoms with van der Waals surface area (Å²) >= 11 is 0. The fourth-order valence-corrected chi connectivity index (χ4v) is 9.92. The molecule has 0 bridgehead atoms. The summed E-state index contributed by atoms with van der Waals surface area (Å²) in [4.78, 5) is 62.6. The zero-order chi connectivity index (χ0) is 44.7. The molecule has 1 fully saturated rings. The predicted molar refractivity (Wildman–Crippen MR) is 214 cm³/mol. The molecule has 0 spiro atoms. The first-order valence-electron chi connectivity index (χ1n) is 18.9. The molecule has 1 aliphatic rings. The minimum absolute atomic E-state index is 0.105. The number of carbonyl (C=O) groups excluding carboxylic acids is 3. The molecule has 0 aliphatic heterocycles. The zero-order valence-electron chi connectivity index (χ0n) is 34.9. The molecule has 2 atom stereocenters. The van der Waals surface area contributed by atoms with Crippen LogP contribution in [-0.2, 0) is 48.6 Å². The van der Waals surface area contributed by atoms with Gasteiger partial charge in [-0.3, -0.25) is 39.5 Å². The molecule has 0 N–H and O–H groups in total. The largest absolute Gasteiger partial charge is 0.459 e. The Hall–Kier alpha value is -4.57. The lowest BCUT2D eigenvalue weighted by atomic mass is 9.89. The van der Waals surface area contributed by atoms with Gasteiger partial charge in [0.1, 0.15) is 29.9 Å². The van der Waals surface area contributed by atoms with E-state index in [9.17, 15) is 51.4 Å². The molecule has 1 saturated carbocycles. The van der Waals surface area contributed by atoms with E-state index in [1.165, 1.54) is 29.2 Å². The Labute approximate surface area is 345 Å². The second kappa shape index (κ2) is 19.2. The van der Waals surface area contributed by atoms with Gasteiger partial charge in [-0.1, -0.05) is 37.1 Å². The van der Waals surface area contributed by atoms with Gasteiger partial charge < -0.3 is 14.2 Å². The molecular weight excluding hydrogens is 815 g/mol. The molecule has 3 rings (SSSR count). The van der Waals surface area contributed by atoms with E-state index in [0.717, 1.165) is 28.6 Å². The summed E-state index contributed by atoms with van der Waals surface area (Å²) in [7, 11) is -9.70. The summed E-state index contributed by atoms with van der Waals surface area (Å²) in [6.45, 7) is 11.1. The number of rotatable bonds is 17. The summed E-state index contributed by atoms with van der Waals surface area (Å²) in [5, 5.41) is 24.0. The molecule has 2 aromatic rings. The van der Waals surface area contributed by atoms with Crippen molar-refractivity contribution in [2.75, 3.05) is 32.7 Å². The van der Waals surface area contributed by atoms with Crippen molar-refractivity contribution in [1.82, 2.24) is 13.5 Å². The van der Waals surface area contributed by atoms with Crippen LogP contribution in [0.25, 0.3) is 0 Å². The third-order valence-electron chi connectivity index (χ3n) is 8.68. The summed E-state index contributed by atoms with van der Waals surface area (Å²) in [5.74, 6) is -2.71. The first-order chi connectivity index (χ1) is 27.0. The smallest absolute Gasteiger partial charge is 0.321 e. The Morgan fingerprint density at radius 3 is 1.44 bits per heavy atom. The highest BCUT2D eigenvalue weighted by Crippen LogP contribution is 2.35. The molecule has 0 radical (unpaired) electrons. The molecule has 328 valence electrons. The Balaban J connectivity index is 2.23. The highest BCUT2D eigenvalue weighted by atomic mass is 32.2. The van der Waals surface area contributed by atoms with Gasteiger partial charge in [0.05, 0.1) is 16.4 Å². The Bertz CT molecular complexity index is 2090. The number of hydrogen-bond acceptors (Lipinski definition) is 15. The van der Waals surface area contributed by atoms with Crippen molar-refractivity contribution in [2.24, 2.45) is 0 Å². The van der Waals surface area contributed by atoms with Crippen LogP contribution in [0.2, 0.25) is 0 Å². The van der Waals surface area contributed by atoms with Gasteiger partial charge in [-0.2, -0.15) is 8.61 Å². The lowest BCUT2D eigenvalue weighted by Crippen LogP contribution is -2.58. The summed E-state index contributed by atoms with van der Waals surface area (Å²) in [6.07, 6.45) is 1.24. The maximum Gasteiger partial charge on any atom is 0.321 e. The van der Waals surface area contributed by atoms with Crippen LogP contribution in [0, 0.1) is 20.2 Å². The van der Waals surface area contributed by atoms with Crippen molar-refractivity contribution in [3.8, 4) is 0 Å². The van der Waals surface area contributed by atoms with E-state index >= 15 is 0 Å². The average Bonchev–Trinajstić information content (AvgIpc) is 3.09. The minimum Gasteiger partial charge on any atom is -0.459 e. The SMILES string of the molecule is CC(C)(C)OC(=O)CN(CCN(CC(=O)OC(C)(C)C)S(=O)(=O)c1ccccc1[N+](=O)[O-])[C@H]1CCCC[C@@H]1N(CC(=O)OC(C)(C)C)S(=O)(=O)c1ccccc1[N+](=O)[O-]. The number of para-hydroxylation sites is 2. The van der Waals surface area contributed by atoms with E-state index < -0.39 is 124 Å². The van der Waals surface area contributed by atoms with Gasteiger partial charge >= 0.3 is 17.9 Å². The third-order valence-corrected chi connectivity index (χ3v) is 12.5. The fraction of sp³-hybridized carbons (Fsp3) is 0.605. The topological polar surface area (TPSA) is 243 Å². The van der Waals surface area contributed by atoms with Crippen LogP contribution in [-0.4, -0.2) is 120 Å². The molecule has 1 aliphatic carbocycles. The maximum absolute atomic E-state index is 14.6. The van der Waals surface area contributed by atoms with Crippen molar-refractivity contribution in [3.05, 3.63) is 68.8 Å². The Kier molecular flexibility index (Phi) is 15.9. The van der Waals surface area contributed by atoms with Crippen LogP contribution in [0.1, 0.15) is 88.0 Å². The van der Waals surface area contributed by atoms with E-state index in [2.05, 4.69) is 0 Å². The van der Waals surface area contributed by atoms with Gasteiger partial charge in [-0.25, -0.2) is 16.8 Å². The average molecular weight is 870 g/mol. The van der Waals surface area contributed by atoms with E-state index in [1.807, 2.05) is 0 Å². The van der Waals surface area contributed by atoms with Crippen LogP contribution in [0.15, 0.2) is 58.3 Å². The molecule has 0 saturated heterocycles. The number of ether oxygens (including phenoxy) is 3. The first-order valence-corrected chi connectivity index (χ1v) is 21.8. The lowest BCUT2D eigenvalue weighted by molar-refractivity contribution is -0.388. The van der Waals surface area contributed by atoms with E-state index in [1.54, 1.807) is 62.3 Å². The van der Waals surface area contributed by atoms with Crippen LogP contribution >= 0.6 is 0 Å². The summed E-state index contributed by atoms with van der Waals surface area (Å²) in [5.41, 5.74) is -4.56. The van der Waals surface area contributed by atoms with Crippen LogP contribution < -0.4 is 0 Å². The quantitative estimate of drug-likeness (QED) is 0.0895. The zero-order valence-corrected chi connectivity index (χ0v) is 36.5. The van der Waals surface area contributed by atoms with Crippen molar-refractivity contribution in [3.63, 3.8) is 0 Å². The number of benzene rings is 2. The van der Waals surface area contributed by atoms with Crippen LogP contribution in [0.4, 0.5) is 11.4 Å². The first kappa shape index (κ1) is 48.8. The van der Waals surface area contributed by atoms with Gasteiger partial charge in [-0.05, 0) is 87.3 Å². The number of nitro benzene ring substituents is 2. The maximum atomic E-state index is 14.6.